The highest BCUT2D eigenvalue weighted by atomic mass is 16.3. The quantitative estimate of drug-likeness (QED) is 0.585. The SMILES string of the molecule is CC1=CC(O)[C@H](C(C)(C)O)CC1. The molecule has 1 aliphatic rings. The van der Waals surface area contributed by atoms with Crippen molar-refractivity contribution in [3.63, 3.8) is 0 Å². The van der Waals surface area contributed by atoms with E-state index in [4.69, 9.17) is 0 Å². The lowest BCUT2D eigenvalue weighted by Gasteiger charge is -2.35. The summed E-state index contributed by atoms with van der Waals surface area (Å²) in [5, 5.41) is 19.3. The molecule has 0 spiro atoms. The number of hydrogen-bond donors (Lipinski definition) is 2. The van der Waals surface area contributed by atoms with Crippen molar-refractivity contribution >= 4 is 0 Å². The average molecular weight is 170 g/mol. The van der Waals surface area contributed by atoms with Gasteiger partial charge in [-0.15, -0.1) is 0 Å². The van der Waals surface area contributed by atoms with Crippen molar-refractivity contribution in [1.29, 1.82) is 0 Å². The predicted molar refractivity (Wildman–Crippen MR) is 48.8 cm³/mol. The number of aliphatic hydroxyl groups is 2. The fraction of sp³-hybridized carbons (Fsp3) is 0.800. The summed E-state index contributed by atoms with van der Waals surface area (Å²) in [7, 11) is 0. The molecular formula is C10H18O2. The van der Waals surface area contributed by atoms with E-state index in [2.05, 4.69) is 0 Å². The molecule has 70 valence electrons. The van der Waals surface area contributed by atoms with Gasteiger partial charge < -0.3 is 10.2 Å². The van der Waals surface area contributed by atoms with Gasteiger partial charge in [-0.05, 0) is 33.6 Å². The van der Waals surface area contributed by atoms with Crippen LogP contribution in [0.1, 0.15) is 33.6 Å². The predicted octanol–water partition coefficient (Wildman–Crippen LogP) is 1.47. The Morgan fingerprint density at radius 3 is 2.50 bits per heavy atom. The van der Waals surface area contributed by atoms with Gasteiger partial charge in [0, 0.05) is 5.92 Å². The van der Waals surface area contributed by atoms with Crippen molar-refractivity contribution in [3.8, 4) is 0 Å². The van der Waals surface area contributed by atoms with E-state index in [0.717, 1.165) is 12.8 Å². The van der Waals surface area contributed by atoms with Crippen LogP contribution in [0, 0.1) is 5.92 Å². The zero-order chi connectivity index (χ0) is 9.35. The third-order valence-corrected chi connectivity index (χ3v) is 2.62. The van der Waals surface area contributed by atoms with Crippen molar-refractivity contribution in [1.82, 2.24) is 0 Å². The Hall–Kier alpha value is -0.340. The first-order valence-corrected chi connectivity index (χ1v) is 4.49. The summed E-state index contributed by atoms with van der Waals surface area (Å²) in [6.07, 6.45) is 3.25. The van der Waals surface area contributed by atoms with Gasteiger partial charge in [-0.1, -0.05) is 11.6 Å². The number of allylic oxidation sites excluding steroid dienone is 1. The van der Waals surface area contributed by atoms with Crippen molar-refractivity contribution in [2.75, 3.05) is 0 Å². The van der Waals surface area contributed by atoms with Crippen LogP contribution >= 0.6 is 0 Å². The minimum atomic E-state index is -0.767. The lowest BCUT2D eigenvalue weighted by molar-refractivity contribution is -0.0378. The summed E-state index contributed by atoms with van der Waals surface area (Å²) in [5.41, 5.74) is 0.458. The van der Waals surface area contributed by atoms with E-state index in [9.17, 15) is 10.2 Å². The van der Waals surface area contributed by atoms with E-state index in [1.165, 1.54) is 5.57 Å². The van der Waals surface area contributed by atoms with Crippen molar-refractivity contribution < 1.29 is 10.2 Å². The molecule has 0 aromatic heterocycles. The Morgan fingerprint density at radius 1 is 1.50 bits per heavy atom. The molecule has 0 saturated heterocycles. The molecular weight excluding hydrogens is 152 g/mol. The Labute approximate surface area is 73.9 Å². The van der Waals surface area contributed by atoms with Crippen LogP contribution in [0.25, 0.3) is 0 Å². The largest absolute Gasteiger partial charge is 0.390 e. The van der Waals surface area contributed by atoms with Gasteiger partial charge >= 0.3 is 0 Å². The second-order valence-electron chi connectivity index (χ2n) is 4.30. The summed E-state index contributed by atoms with van der Waals surface area (Å²) in [6, 6.07) is 0. The van der Waals surface area contributed by atoms with Crippen LogP contribution in [-0.4, -0.2) is 21.9 Å². The highest BCUT2D eigenvalue weighted by Crippen LogP contribution is 2.31. The molecule has 12 heavy (non-hydrogen) atoms. The fourth-order valence-electron chi connectivity index (χ4n) is 1.82. The van der Waals surface area contributed by atoms with Gasteiger partial charge in [-0.2, -0.15) is 0 Å². The van der Waals surface area contributed by atoms with Crippen molar-refractivity contribution in [2.24, 2.45) is 5.92 Å². The molecule has 0 aliphatic heterocycles. The average Bonchev–Trinajstić information content (AvgIpc) is 1.83. The first-order valence-electron chi connectivity index (χ1n) is 4.49. The van der Waals surface area contributed by atoms with Gasteiger partial charge in [-0.3, -0.25) is 0 Å². The fourth-order valence-corrected chi connectivity index (χ4v) is 1.82. The van der Waals surface area contributed by atoms with Crippen molar-refractivity contribution in [3.05, 3.63) is 11.6 Å². The first kappa shape index (κ1) is 9.75. The second-order valence-corrected chi connectivity index (χ2v) is 4.30. The van der Waals surface area contributed by atoms with E-state index in [1.54, 1.807) is 13.8 Å². The maximum absolute atomic E-state index is 9.71. The molecule has 2 atom stereocenters. The molecule has 1 unspecified atom stereocenters. The van der Waals surface area contributed by atoms with Gasteiger partial charge in [0.25, 0.3) is 0 Å². The van der Waals surface area contributed by atoms with Gasteiger partial charge in [0.15, 0.2) is 0 Å². The second kappa shape index (κ2) is 3.19. The topological polar surface area (TPSA) is 40.5 Å². The molecule has 0 heterocycles. The Balaban J connectivity index is 2.72. The third-order valence-electron chi connectivity index (χ3n) is 2.62. The van der Waals surface area contributed by atoms with Crippen LogP contribution < -0.4 is 0 Å². The maximum atomic E-state index is 9.71. The summed E-state index contributed by atoms with van der Waals surface area (Å²) in [5.74, 6) is -0.0128. The van der Waals surface area contributed by atoms with E-state index in [1.807, 2.05) is 13.0 Å². The van der Waals surface area contributed by atoms with Gasteiger partial charge in [0.1, 0.15) is 0 Å². The molecule has 2 nitrogen and oxygen atoms in total. The standard InChI is InChI=1S/C10H18O2/c1-7-4-5-8(9(11)6-7)10(2,3)12/h6,8-9,11-12H,4-5H2,1-3H3/t8-,9?/m1/s1. The summed E-state index contributed by atoms with van der Waals surface area (Å²) < 4.78 is 0. The van der Waals surface area contributed by atoms with E-state index < -0.39 is 11.7 Å². The third kappa shape index (κ3) is 2.08. The van der Waals surface area contributed by atoms with Crippen LogP contribution in [0.4, 0.5) is 0 Å². The minimum absolute atomic E-state index is 0.0128. The van der Waals surface area contributed by atoms with E-state index in [-0.39, 0.29) is 5.92 Å². The van der Waals surface area contributed by atoms with Gasteiger partial charge in [0.05, 0.1) is 11.7 Å². The monoisotopic (exact) mass is 170 g/mol. The van der Waals surface area contributed by atoms with Gasteiger partial charge in [-0.25, -0.2) is 0 Å². The van der Waals surface area contributed by atoms with Crippen LogP contribution in [-0.2, 0) is 0 Å². The Bertz CT molecular complexity index is 189. The molecule has 0 saturated carbocycles. The van der Waals surface area contributed by atoms with Gasteiger partial charge in [0.2, 0.25) is 0 Å². The summed E-state index contributed by atoms with van der Waals surface area (Å²) >= 11 is 0. The summed E-state index contributed by atoms with van der Waals surface area (Å²) in [6.45, 7) is 5.54. The molecule has 0 aromatic rings. The van der Waals surface area contributed by atoms with E-state index >= 15 is 0 Å². The number of hydrogen-bond acceptors (Lipinski definition) is 2. The lowest BCUT2D eigenvalue weighted by Crippen LogP contribution is -2.40. The molecule has 0 amide bonds. The normalized spacial score (nSPS) is 31.6. The number of aliphatic hydroxyl groups excluding tert-OH is 1. The van der Waals surface area contributed by atoms with Crippen molar-refractivity contribution in [2.45, 2.75) is 45.3 Å². The smallest absolute Gasteiger partial charge is 0.0778 e. The Kier molecular flexibility index (Phi) is 2.59. The first-order chi connectivity index (χ1) is 5.41. The molecule has 0 radical (unpaired) electrons. The summed E-state index contributed by atoms with van der Waals surface area (Å²) in [4.78, 5) is 0. The molecule has 0 aromatic carbocycles. The molecule has 2 N–H and O–H groups in total. The van der Waals surface area contributed by atoms with Crippen LogP contribution in [0.2, 0.25) is 0 Å². The number of rotatable bonds is 1. The maximum Gasteiger partial charge on any atom is 0.0778 e. The molecule has 1 rings (SSSR count). The lowest BCUT2D eigenvalue weighted by atomic mass is 9.78. The van der Waals surface area contributed by atoms with E-state index in [0.29, 0.717) is 0 Å². The van der Waals surface area contributed by atoms with Crippen LogP contribution in [0.5, 0.6) is 0 Å². The minimum Gasteiger partial charge on any atom is -0.390 e. The highest BCUT2D eigenvalue weighted by Gasteiger charge is 2.33. The Morgan fingerprint density at radius 2 is 2.08 bits per heavy atom. The zero-order valence-electron chi connectivity index (χ0n) is 8.04. The molecule has 1 aliphatic carbocycles. The molecule has 0 bridgehead atoms. The molecule has 2 heteroatoms. The van der Waals surface area contributed by atoms with Crippen LogP contribution in [0.3, 0.4) is 0 Å². The molecule has 0 fully saturated rings. The van der Waals surface area contributed by atoms with Crippen LogP contribution in [0.15, 0.2) is 11.6 Å². The highest BCUT2D eigenvalue weighted by molar-refractivity contribution is 5.10. The zero-order valence-corrected chi connectivity index (χ0v) is 8.04.